The van der Waals surface area contributed by atoms with Gasteiger partial charge in [-0.2, -0.15) is 0 Å². The van der Waals surface area contributed by atoms with Crippen LogP contribution in [0.15, 0.2) is 0 Å². The second-order valence-corrected chi connectivity index (χ2v) is 2.81. The molecule has 0 amide bonds. The van der Waals surface area contributed by atoms with E-state index in [0.29, 0.717) is 12.8 Å². The van der Waals surface area contributed by atoms with Gasteiger partial charge in [-0.25, -0.2) is 0 Å². The van der Waals surface area contributed by atoms with E-state index in [9.17, 15) is 0 Å². The van der Waals surface area contributed by atoms with Gasteiger partial charge in [0.05, 0.1) is 18.3 Å². The van der Waals surface area contributed by atoms with Crippen molar-refractivity contribution in [2.45, 2.75) is 37.6 Å². The molecule has 0 aliphatic heterocycles. The minimum atomic E-state index is -0.585. The monoisotopic (exact) mass is 146 g/mol. The highest BCUT2D eigenvalue weighted by Crippen LogP contribution is 2.20. The van der Waals surface area contributed by atoms with Crippen molar-refractivity contribution in [1.29, 1.82) is 0 Å². The predicted octanol–water partition coefficient (Wildman–Crippen LogP) is -0.0929. The van der Waals surface area contributed by atoms with Gasteiger partial charge >= 0.3 is 0 Å². The summed E-state index contributed by atoms with van der Waals surface area (Å²) < 4.78 is 5.04. The Morgan fingerprint density at radius 1 is 1.20 bits per heavy atom. The summed E-state index contributed by atoms with van der Waals surface area (Å²) >= 11 is 0. The number of rotatable bonds is 1. The smallest absolute Gasteiger partial charge is 0.0823 e. The van der Waals surface area contributed by atoms with Gasteiger partial charge < -0.3 is 14.9 Å². The molecule has 0 heterocycles. The molecule has 2 unspecified atom stereocenters. The zero-order chi connectivity index (χ0) is 7.56. The van der Waals surface area contributed by atoms with Crippen molar-refractivity contribution >= 4 is 0 Å². The molecule has 1 aliphatic carbocycles. The van der Waals surface area contributed by atoms with E-state index in [4.69, 9.17) is 14.9 Å². The van der Waals surface area contributed by atoms with Gasteiger partial charge in [0.2, 0.25) is 0 Å². The van der Waals surface area contributed by atoms with Crippen LogP contribution in [-0.2, 0) is 4.74 Å². The summed E-state index contributed by atoms with van der Waals surface area (Å²) in [6.45, 7) is 0. The minimum absolute atomic E-state index is 0.137. The van der Waals surface area contributed by atoms with E-state index < -0.39 is 12.2 Å². The van der Waals surface area contributed by atoms with Gasteiger partial charge in [0, 0.05) is 13.5 Å². The quantitative estimate of drug-likeness (QED) is 0.543. The van der Waals surface area contributed by atoms with Crippen LogP contribution in [-0.4, -0.2) is 35.6 Å². The summed E-state index contributed by atoms with van der Waals surface area (Å²) in [7, 11) is 1.63. The van der Waals surface area contributed by atoms with Crippen molar-refractivity contribution in [2.24, 2.45) is 0 Å². The molecule has 2 N–H and O–H groups in total. The highest BCUT2D eigenvalue weighted by atomic mass is 16.5. The number of aliphatic hydroxyl groups excluding tert-OH is 2. The summed E-state index contributed by atoms with van der Waals surface area (Å²) in [5.41, 5.74) is 0. The second kappa shape index (κ2) is 3.32. The van der Waals surface area contributed by atoms with Gasteiger partial charge in [-0.15, -0.1) is 0 Å². The molecule has 3 heteroatoms. The van der Waals surface area contributed by atoms with Crippen molar-refractivity contribution in [2.75, 3.05) is 7.11 Å². The summed E-state index contributed by atoms with van der Waals surface area (Å²) in [6, 6.07) is 0. The van der Waals surface area contributed by atoms with Crippen molar-refractivity contribution in [3.63, 3.8) is 0 Å². The molecule has 3 atom stereocenters. The van der Waals surface area contributed by atoms with Crippen LogP contribution in [0.3, 0.4) is 0 Å². The molecule has 1 saturated carbocycles. The first kappa shape index (κ1) is 7.98. The van der Waals surface area contributed by atoms with Crippen LogP contribution in [0.2, 0.25) is 0 Å². The van der Waals surface area contributed by atoms with Gasteiger partial charge in [-0.1, -0.05) is 0 Å². The predicted molar refractivity (Wildman–Crippen MR) is 36.7 cm³/mol. The fraction of sp³-hybridized carbons (Fsp3) is 1.00. The van der Waals surface area contributed by atoms with Crippen molar-refractivity contribution < 1.29 is 14.9 Å². The van der Waals surface area contributed by atoms with E-state index in [-0.39, 0.29) is 6.10 Å². The van der Waals surface area contributed by atoms with E-state index in [1.807, 2.05) is 0 Å². The molecular weight excluding hydrogens is 132 g/mol. The standard InChI is InChI=1S/C7H14O3/c1-10-5-2-3-6(8)7(9)4-5/h5-9H,2-4H2,1H3/t5?,6-,7?/m0/s1. The fourth-order valence-electron chi connectivity index (χ4n) is 1.31. The third-order valence-electron chi connectivity index (χ3n) is 2.07. The lowest BCUT2D eigenvalue weighted by Gasteiger charge is -2.28. The highest BCUT2D eigenvalue weighted by molar-refractivity contribution is 4.79. The summed E-state index contributed by atoms with van der Waals surface area (Å²) in [5, 5.41) is 18.2. The maximum Gasteiger partial charge on any atom is 0.0823 e. The fourth-order valence-corrected chi connectivity index (χ4v) is 1.31. The number of ether oxygens (including phenoxy) is 1. The molecule has 0 aromatic carbocycles. The third-order valence-corrected chi connectivity index (χ3v) is 2.07. The maximum atomic E-state index is 9.15. The Balaban J connectivity index is 2.33. The van der Waals surface area contributed by atoms with Crippen LogP contribution in [0, 0.1) is 0 Å². The molecule has 0 radical (unpaired) electrons. The lowest BCUT2D eigenvalue weighted by atomic mass is 9.92. The lowest BCUT2D eigenvalue weighted by Crippen LogP contribution is -2.36. The van der Waals surface area contributed by atoms with Crippen LogP contribution in [0.4, 0.5) is 0 Å². The molecule has 3 nitrogen and oxygen atoms in total. The van der Waals surface area contributed by atoms with E-state index in [1.165, 1.54) is 0 Å². The molecule has 1 rings (SSSR count). The molecule has 10 heavy (non-hydrogen) atoms. The maximum absolute atomic E-state index is 9.15. The van der Waals surface area contributed by atoms with Gasteiger partial charge in [-0.3, -0.25) is 0 Å². The van der Waals surface area contributed by atoms with E-state index in [0.717, 1.165) is 6.42 Å². The van der Waals surface area contributed by atoms with Crippen LogP contribution >= 0.6 is 0 Å². The molecule has 0 spiro atoms. The first-order chi connectivity index (χ1) is 4.74. The Kier molecular flexibility index (Phi) is 2.65. The van der Waals surface area contributed by atoms with E-state index >= 15 is 0 Å². The van der Waals surface area contributed by atoms with E-state index in [2.05, 4.69) is 0 Å². The first-order valence-corrected chi connectivity index (χ1v) is 3.63. The van der Waals surface area contributed by atoms with Crippen LogP contribution in [0.5, 0.6) is 0 Å². The molecular formula is C7H14O3. The van der Waals surface area contributed by atoms with Crippen molar-refractivity contribution in [1.82, 2.24) is 0 Å². The number of hydrogen-bond acceptors (Lipinski definition) is 3. The number of methoxy groups -OCH3 is 1. The van der Waals surface area contributed by atoms with Gasteiger partial charge in [0.1, 0.15) is 0 Å². The first-order valence-electron chi connectivity index (χ1n) is 3.63. The Bertz CT molecular complexity index is 105. The summed E-state index contributed by atoms with van der Waals surface area (Å²) in [4.78, 5) is 0. The normalized spacial score (nSPS) is 41.7. The average molecular weight is 146 g/mol. The Hall–Kier alpha value is -0.120. The van der Waals surface area contributed by atoms with Crippen LogP contribution in [0.25, 0.3) is 0 Å². The zero-order valence-electron chi connectivity index (χ0n) is 6.16. The largest absolute Gasteiger partial charge is 0.390 e. The summed E-state index contributed by atoms with van der Waals surface area (Å²) in [6.07, 6.45) is 1.09. The topological polar surface area (TPSA) is 49.7 Å². The molecule has 0 saturated heterocycles. The molecule has 60 valence electrons. The van der Waals surface area contributed by atoms with E-state index in [1.54, 1.807) is 7.11 Å². The summed E-state index contributed by atoms with van der Waals surface area (Å²) in [5.74, 6) is 0. The number of aliphatic hydroxyl groups is 2. The van der Waals surface area contributed by atoms with Crippen molar-refractivity contribution in [3.05, 3.63) is 0 Å². The van der Waals surface area contributed by atoms with Gasteiger partial charge in [0.25, 0.3) is 0 Å². The van der Waals surface area contributed by atoms with Gasteiger partial charge in [0.15, 0.2) is 0 Å². The van der Waals surface area contributed by atoms with Crippen molar-refractivity contribution in [3.8, 4) is 0 Å². The molecule has 1 fully saturated rings. The molecule has 0 aromatic rings. The Labute approximate surface area is 60.6 Å². The molecule has 0 aromatic heterocycles. The Morgan fingerprint density at radius 3 is 2.40 bits per heavy atom. The molecule has 1 aliphatic rings. The number of hydrogen-bond donors (Lipinski definition) is 2. The van der Waals surface area contributed by atoms with Crippen LogP contribution < -0.4 is 0 Å². The Morgan fingerprint density at radius 2 is 1.90 bits per heavy atom. The minimum Gasteiger partial charge on any atom is -0.390 e. The third kappa shape index (κ3) is 1.68. The second-order valence-electron chi connectivity index (χ2n) is 2.81. The van der Waals surface area contributed by atoms with Gasteiger partial charge in [-0.05, 0) is 12.8 Å². The van der Waals surface area contributed by atoms with Crippen LogP contribution in [0.1, 0.15) is 19.3 Å². The highest BCUT2D eigenvalue weighted by Gasteiger charge is 2.26. The average Bonchev–Trinajstić information content (AvgIpc) is 1.95. The lowest BCUT2D eigenvalue weighted by molar-refractivity contribution is -0.0611. The SMILES string of the molecule is COC1CC[C@H](O)C(O)C1. The zero-order valence-corrected chi connectivity index (χ0v) is 6.16. The molecule has 0 bridgehead atoms.